The molecule has 0 radical (unpaired) electrons. The first-order valence-electron chi connectivity index (χ1n) is 7.38. The molecule has 0 amide bonds. The number of hydrazone groups is 1. The molecule has 4 N–H and O–H groups in total. The number of rotatable bonds is 2. The van der Waals surface area contributed by atoms with Crippen molar-refractivity contribution in [2.45, 2.75) is 25.7 Å². The van der Waals surface area contributed by atoms with Gasteiger partial charge in [-0.15, -0.1) is 12.4 Å². The van der Waals surface area contributed by atoms with E-state index in [4.69, 9.17) is 22.7 Å². The summed E-state index contributed by atoms with van der Waals surface area (Å²) in [4.78, 5) is 0. The summed E-state index contributed by atoms with van der Waals surface area (Å²) in [6.07, 6.45) is 2.68. The van der Waals surface area contributed by atoms with Crippen molar-refractivity contribution in [3.05, 3.63) is 57.6 Å². The normalized spacial score (nSPS) is 17.6. The van der Waals surface area contributed by atoms with Crippen LogP contribution in [0, 0.1) is 18.2 Å². The molecule has 9 heteroatoms. The smallest absolute Gasteiger partial charge is 0.206 e. The lowest BCUT2D eigenvalue weighted by molar-refractivity contribution is 0.569. The van der Waals surface area contributed by atoms with Crippen molar-refractivity contribution in [3.63, 3.8) is 0 Å². The number of hydrogen-bond donors (Lipinski definition) is 3. The molecule has 3 rings (SSSR count). The van der Waals surface area contributed by atoms with Crippen LogP contribution in [-0.4, -0.2) is 21.9 Å². The molecular formula is C16H17Cl2FN6. The molecule has 2 aromatic rings. The number of aromatic nitrogens is 2. The highest BCUT2D eigenvalue weighted by Gasteiger charge is 2.29. The fourth-order valence-corrected chi connectivity index (χ4v) is 3.16. The Labute approximate surface area is 155 Å². The molecule has 1 aliphatic rings. The number of fused-ring (bicyclic) bond motifs is 1. The van der Waals surface area contributed by atoms with Crippen LogP contribution in [0.4, 0.5) is 4.39 Å². The second-order valence-corrected chi connectivity index (χ2v) is 6.14. The lowest BCUT2D eigenvalue weighted by atomic mass is 9.80. The summed E-state index contributed by atoms with van der Waals surface area (Å²) in [6.45, 7) is 1.91. The van der Waals surface area contributed by atoms with Gasteiger partial charge >= 0.3 is 0 Å². The van der Waals surface area contributed by atoms with E-state index in [-0.39, 0.29) is 30.1 Å². The summed E-state index contributed by atoms with van der Waals surface area (Å²) in [5.74, 6) is -0.744. The zero-order chi connectivity index (χ0) is 17.3. The minimum Gasteiger partial charge on any atom is -0.369 e. The van der Waals surface area contributed by atoms with Gasteiger partial charge in [-0.1, -0.05) is 11.6 Å². The van der Waals surface area contributed by atoms with E-state index in [1.54, 1.807) is 12.3 Å². The Bertz CT molecular complexity index is 839. The van der Waals surface area contributed by atoms with E-state index in [1.165, 1.54) is 12.1 Å². The van der Waals surface area contributed by atoms with E-state index in [2.05, 4.69) is 20.7 Å². The Hall–Kier alpha value is -2.25. The molecule has 0 saturated carbocycles. The van der Waals surface area contributed by atoms with Crippen molar-refractivity contribution in [2.24, 2.45) is 10.8 Å². The molecular weight excluding hydrogens is 366 g/mol. The van der Waals surface area contributed by atoms with Crippen molar-refractivity contribution >= 4 is 35.7 Å². The fraction of sp³-hybridized carbons (Fsp3) is 0.250. The molecule has 0 bridgehead atoms. The van der Waals surface area contributed by atoms with Crippen molar-refractivity contribution in [1.82, 2.24) is 15.6 Å². The van der Waals surface area contributed by atoms with Crippen LogP contribution < -0.4 is 11.2 Å². The van der Waals surface area contributed by atoms with Crippen molar-refractivity contribution in [2.75, 3.05) is 0 Å². The number of nitrogens with zero attached hydrogens (tertiary/aromatic N) is 3. The highest BCUT2D eigenvalue weighted by Crippen LogP contribution is 2.35. The third-order valence-corrected chi connectivity index (χ3v) is 4.23. The largest absolute Gasteiger partial charge is 0.369 e. The molecule has 0 spiro atoms. The van der Waals surface area contributed by atoms with Crippen LogP contribution in [0.25, 0.3) is 0 Å². The summed E-state index contributed by atoms with van der Waals surface area (Å²) < 4.78 is 14.2. The fourth-order valence-electron chi connectivity index (χ4n) is 2.98. The third-order valence-electron chi connectivity index (χ3n) is 3.99. The average Bonchev–Trinajstić information content (AvgIpc) is 2.54. The van der Waals surface area contributed by atoms with Gasteiger partial charge in [-0.3, -0.25) is 5.41 Å². The van der Waals surface area contributed by atoms with Gasteiger partial charge in [-0.2, -0.15) is 15.3 Å². The van der Waals surface area contributed by atoms with Crippen molar-refractivity contribution < 1.29 is 4.39 Å². The predicted molar refractivity (Wildman–Crippen MR) is 98.1 cm³/mol. The molecule has 25 heavy (non-hydrogen) atoms. The van der Waals surface area contributed by atoms with Crippen molar-refractivity contribution in [3.8, 4) is 0 Å². The molecule has 132 valence electrons. The minimum atomic E-state index is -0.313. The predicted octanol–water partition coefficient (Wildman–Crippen LogP) is 2.92. The molecule has 1 unspecified atom stereocenters. The molecule has 1 atom stereocenters. The topological polar surface area (TPSA) is 100 Å². The summed E-state index contributed by atoms with van der Waals surface area (Å²) in [5.41, 5.74) is 11.5. The molecule has 1 heterocycles. The molecule has 1 aromatic heterocycles. The van der Waals surface area contributed by atoms with Crippen molar-refractivity contribution in [1.29, 1.82) is 5.41 Å². The van der Waals surface area contributed by atoms with Crippen LogP contribution in [0.1, 0.15) is 34.7 Å². The van der Waals surface area contributed by atoms with Crippen LogP contribution in [-0.2, 0) is 6.42 Å². The van der Waals surface area contributed by atoms with E-state index in [9.17, 15) is 4.39 Å². The Morgan fingerprint density at radius 3 is 2.92 bits per heavy atom. The van der Waals surface area contributed by atoms with Gasteiger partial charge in [0.1, 0.15) is 5.82 Å². The van der Waals surface area contributed by atoms with Gasteiger partial charge in [0, 0.05) is 10.6 Å². The molecule has 1 aromatic carbocycles. The number of halogens is 3. The number of hydrogen-bond acceptors (Lipinski definition) is 4. The Morgan fingerprint density at radius 1 is 1.44 bits per heavy atom. The molecule has 1 aliphatic carbocycles. The SMILES string of the molecule is Cc1cnnc2c1/C(=N/NC(=N)N)CC(c1cc(Cl)ccc1F)C2.Cl. The van der Waals surface area contributed by atoms with E-state index < -0.39 is 0 Å². The maximum Gasteiger partial charge on any atom is 0.206 e. The van der Waals surface area contributed by atoms with Crippen LogP contribution in [0.3, 0.4) is 0 Å². The van der Waals surface area contributed by atoms with E-state index in [0.717, 1.165) is 16.8 Å². The number of guanidine groups is 1. The zero-order valence-corrected chi connectivity index (χ0v) is 15.0. The zero-order valence-electron chi connectivity index (χ0n) is 13.4. The average molecular weight is 383 g/mol. The first-order valence-corrected chi connectivity index (χ1v) is 7.76. The number of nitrogens with one attached hydrogen (secondary N) is 2. The highest BCUT2D eigenvalue weighted by atomic mass is 35.5. The Balaban J connectivity index is 0.00000225. The van der Waals surface area contributed by atoms with E-state index >= 15 is 0 Å². The number of aryl methyl sites for hydroxylation is 1. The first kappa shape index (κ1) is 19.1. The van der Waals surface area contributed by atoms with E-state index in [1.807, 2.05) is 6.92 Å². The monoisotopic (exact) mass is 382 g/mol. The van der Waals surface area contributed by atoms with E-state index in [0.29, 0.717) is 29.1 Å². The second kappa shape index (κ2) is 7.76. The number of nitrogens with two attached hydrogens (primary N) is 1. The summed E-state index contributed by atoms with van der Waals surface area (Å²) in [7, 11) is 0. The lowest BCUT2D eigenvalue weighted by Gasteiger charge is -2.26. The summed E-state index contributed by atoms with van der Waals surface area (Å²) in [6, 6.07) is 4.51. The Kier molecular flexibility index (Phi) is 5.92. The van der Waals surface area contributed by atoms with Gasteiger partial charge in [0.05, 0.1) is 17.6 Å². The minimum absolute atomic E-state index is 0. The second-order valence-electron chi connectivity index (χ2n) is 5.70. The standard InChI is InChI=1S/C16H16ClFN6.ClH/c1-8-7-21-22-13-4-9(11-6-10(17)2-3-12(11)18)5-14(15(8)13)23-24-16(19)20;/h2-3,6-7,9H,4-5H2,1H3,(H4,19,20,24);1H/b23-14+;. The van der Waals surface area contributed by atoms with Gasteiger partial charge in [0.15, 0.2) is 0 Å². The quantitative estimate of drug-likeness (QED) is 0.422. The maximum absolute atomic E-state index is 14.2. The van der Waals surface area contributed by atoms with Crippen LogP contribution in [0.15, 0.2) is 29.5 Å². The van der Waals surface area contributed by atoms with Gasteiger partial charge in [0.2, 0.25) is 5.96 Å². The van der Waals surface area contributed by atoms with Gasteiger partial charge < -0.3 is 5.73 Å². The van der Waals surface area contributed by atoms with Gasteiger partial charge in [-0.05, 0) is 55.0 Å². The number of benzene rings is 1. The van der Waals surface area contributed by atoms with Gasteiger partial charge in [0.25, 0.3) is 0 Å². The lowest BCUT2D eigenvalue weighted by Crippen LogP contribution is -2.30. The van der Waals surface area contributed by atoms with Crippen LogP contribution in [0.2, 0.25) is 5.02 Å². The molecule has 0 saturated heterocycles. The summed E-state index contributed by atoms with van der Waals surface area (Å²) in [5, 5.41) is 20.1. The first-order chi connectivity index (χ1) is 11.5. The van der Waals surface area contributed by atoms with Crippen LogP contribution in [0.5, 0.6) is 0 Å². The summed E-state index contributed by atoms with van der Waals surface area (Å²) >= 11 is 6.02. The molecule has 0 fully saturated rings. The molecule has 6 nitrogen and oxygen atoms in total. The highest BCUT2D eigenvalue weighted by molar-refractivity contribution is 6.30. The maximum atomic E-state index is 14.2. The van der Waals surface area contributed by atoms with Gasteiger partial charge in [-0.25, -0.2) is 9.82 Å². The Morgan fingerprint density at radius 2 is 2.20 bits per heavy atom. The van der Waals surface area contributed by atoms with Crippen LogP contribution >= 0.6 is 24.0 Å². The molecule has 0 aliphatic heterocycles. The third kappa shape index (κ3) is 4.05.